The van der Waals surface area contributed by atoms with Crippen molar-refractivity contribution < 1.29 is 4.79 Å². The Balaban J connectivity index is 2.31. The van der Waals surface area contributed by atoms with Crippen LogP contribution in [0.1, 0.15) is 18.4 Å². The Morgan fingerprint density at radius 1 is 1.31 bits per heavy atom. The predicted octanol–water partition coefficient (Wildman–Crippen LogP) is 2.82. The van der Waals surface area contributed by atoms with E-state index < -0.39 is 0 Å². The van der Waals surface area contributed by atoms with E-state index in [1.54, 1.807) is 0 Å². The zero-order chi connectivity index (χ0) is 9.31. The summed E-state index contributed by atoms with van der Waals surface area (Å²) >= 11 is 5.92. The summed E-state index contributed by atoms with van der Waals surface area (Å²) in [6.45, 7) is 0. The molecule has 0 amide bonds. The van der Waals surface area contributed by atoms with Crippen LogP contribution in [0, 0.1) is 0 Å². The summed E-state index contributed by atoms with van der Waals surface area (Å²) in [5, 5.41) is 0.249. The molecule has 2 rings (SSSR count). The van der Waals surface area contributed by atoms with Crippen LogP contribution < -0.4 is 0 Å². The van der Waals surface area contributed by atoms with Gasteiger partial charge in [-0.15, -0.1) is 0 Å². The van der Waals surface area contributed by atoms with Crippen LogP contribution in [-0.4, -0.2) is 5.12 Å². The molecule has 0 N–H and O–H groups in total. The van der Waals surface area contributed by atoms with Crippen molar-refractivity contribution in [2.75, 3.05) is 0 Å². The number of hydrogen-bond donors (Lipinski definition) is 1. The first-order chi connectivity index (χ1) is 6.21. The van der Waals surface area contributed by atoms with Crippen molar-refractivity contribution in [3.8, 4) is 0 Å². The third kappa shape index (κ3) is 1.76. The van der Waals surface area contributed by atoms with Crippen molar-refractivity contribution in [1.82, 2.24) is 0 Å². The fraction of sp³-hybridized carbons (Fsp3) is 0.300. The quantitative estimate of drug-likeness (QED) is 0.718. The number of hydrogen-bond acceptors (Lipinski definition) is 3. The molecule has 1 aromatic rings. The topological polar surface area (TPSA) is 17.1 Å². The molecule has 1 atom stereocenters. The second-order valence-corrected chi connectivity index (χ2v) is 5.55. The molecule has 13 heavy (non-hydrogen) atoms. The van der Waals surface area contributed by atoms with Gasteiger partial charge < -0.3 is 0 Å². The second kappa shape index (κ2) is 3.39. The van der Waals surface area contributed by atoms with Crippen molar-refractivity contribution in [2.45, 2.75) is 16.9 Å². The van der Waals surface area contributed by atoms with Gasteiger partial charge in [0.25, 0.3) is 0 Å². The molecular formula is C10H10OS2. The van der Waals surface area contributed by atoms with Crippen molar-refractivity contribution in [3.05, 3.63) is 35.9 Å². The first-order valence-electron chi connectivity index (χ1n) is 4.20. The molecule has 1 fully saturated rings. The molecule has 0 saturated carbocycles. The molecule has 0 bridgehead atoms. The summed E-state index contributed by atoms with van der Waals surface area (Å²) in [6.07, 6.45) is 1.48. The van der Waals surface area contributed by atoms with E-state index in [0.717, 1.165) is 12.0 Å². The number of thiol groups is 1. The average Bonchev–Trinajstić information content (AvgIpc) is 2.49. The molecule has 1 nitrogen and oxygen atoms in total. The Morgan fingerprint density at radius 3 is 2.54 bits per heavy atom. The van der Waals surface area contributed by atoms with Crippen molar-refractivity contribution >= 4 is 29.5 Å². The summed E-state index contributed by atoms with van der Waals surface area (Å²) in [5.74, 6) is 0. The van der Waals surface area contributed by atoms with Crippen LogP contribution in [0.2, 0.25) is 0 Å². The fourth-order valence-corrected chi connectivity index (χ4v) is 3.07. The highest BCUT2D eigenvalue weighted by Gasteiger charge is 2.37. The van der Waals surface area contributed by atoms with Crippen LogP contribution >= 0.6 is 24.4 Å². The predicted molar refractivity (Wildman–Crippen MR) is 58.9 cm³/mol. The summed E-state index contributed by atoms with van der Waals surface area (Å²) < 4.78 is -0.279. The minimum Gasteiger partial charge on any atom is -0.287 e. The smallest absolute Gasteiger partial charge is 0.190 e. The van der Waals surface area contributed by atoms with E-state index in [4.69, 9.17) is 0 Å². The second-order valence-electron chi connectivity index (χ2n) is 3.12. The van der Waals surface area contributed by atoms with Gasteiger partial charge in [-0.25, -0.2) is 0 Å². The lowest BCUT2D eigenvalue weighted by molar-refractivity contribution is -0.110. The van der Waals surface area contributed by atoms with Crippen LogP contribution in [0.5, 0.6) is 0 Å². The zero-order valence-corrected chi connectivity index (χ0v) is 8.78. The Morgan fingerprint density at radius 2 is 2.00 bits per heavy atom. The van der Waals surface area contributed by atoms with Crippen LogP contribution in [0.4, 0.5) is 0 Å². The van der Waals surface area contributed by atoms with Crippen molar-refractivity contribution in [1.29, 1.82) is 0 Å². The maximum atomic E-state index is 11.1. The molecule has 0 aromatic heterocycles. The van der Waals surface area contributed by atoms with E-state index in [1.807, 2.05) is 30.3 Å². The van der Waals surface area contributed by atoms with Gasteiger partial charge in [-0.2, -0.15) is 12.6 Å². The minimum absolute atomic E-state index is 0.249. The van der Waals surface area contributed by atoms with Gasteiger partial charge in [0, 0.05) is 6.42 Å². The molecular weight excluding hydrogens is 200 g/mol. The first-order valence-corrected chi connectivity index (χ1v) is 5.47. The van der Waals surface area contributed by atoms with E-state index in [1.165, 1.54) is 11.8 Å². The van der Waals surface area contributed by atoms with E-state index in [0.29, 0.717) is 6.42 Å². The SMILES string of the molecule is O=C1CCC(S)(c2ccccc2)S1. The standard InChI is InChI=1S/C10H10OS2/c11-9-6-7-10(12,13-9)8-4-2-1-3-5-8/h1-5,12H,6-7H2. The van der Waals surface area contributed by atoms with Crippen LogP contribution in [-0.2, 0) is 8.87 Å². The molecule has 1 aromatic carbocycles. The fourth-order valence-electron chi connectivity index (χ4n) is 1.46. The van der Waals surface area contributed by atoms with E-state index in [9.17, 15) is 4.79 Å². The molecule has 3 heteroatoms. The van der Waals surface area contributed by atoms with Gasteiger partial charge in [0.1, 0.15) is 0 Å². The molecule has 0 spiro atoms. The van der Waals surface area contributed by atoms with Gasteiger partial charge in [0.15, 0.2) is 5.12 Å². The van der Waals surface area contributed by atoms with Gasteiger partial charge in [0.05, 0.1) is 4.08 Å². The molecule has 0 aliphatic carbocycles. The lowest BCUT2D eigenvalue weighted by atomic mass is 10.1. The van der Waals surface area contributed by atoms with Crippen LogP contribution in [0.3, 0.4) is 0 Å². The van der Waals surface area contributed by atoms with Crippen LogP contribution in [0.25, 0.3) is 0 Å². The van der Waals surface area contributed by atoms with Crippen molar-refractivity contribution in [2.24, 2.45) is 0 Å². The van der Waals surface area contributed by atoms with E-state index in [2.05, 4.69) is 12.6 Å². The maximum absolute atomic E-state index is 11.1. The van der Waals surface area contributed by atoms with E-state index >= 15 is 0 Å². The molecule has 1 heterocycles. The summed E-state index contributed by atoms with van der Waals surface area (Å²) in [6, 6.07) is 9.99. The number of benzene rings is 1. The average molecular weight is 210 g/mol. The Bertz CT molecular complexity index is 323. The largest absolute Gasteiger partial charge is 0.287 e. The number of thioether (sulfide) groups is 1. The third-order valence-electron chi connectivity index (χ3n) is 2.18. The zero-order valence-electron chi connectivity index (χ0n) is 7.06. The van der Waals surface area contributed by atoms with E-state index in [-0.39, 0.29) is 9.19 Å². The van der Waals surface area contributed by atoms with Crippen molar-refractivity contribution in [3.63, 3.8) is 0 Å². The lowest BCUT2D eigenvalue weighted by Crippen LogP contribution is -2.08. The Hall–Kier alpha value is -0.410. The highest BCUT2D eigenvalue weighted by molar-refractivity contribution is 8.21. The highest BCUT2D eigenvalue weighted by Crippen LogP contribution is 2.50. The number of carbonyl (C=O) groups is 1. The highest BCUT2D eigenvalue weighted by atomic mass is 32.2. The third-order valence-corrected chi connectivity index (χ3v) is 4.14. The summed E-state index contributed by atoms with van der Waals surface area (Å²) in [5.41, 5.74) is 1.13. The monoisotopic (exact) mass is 210 g/mol. The van der Waals surface area contributed by atoms with Gasteiger partial charge in [-0.05, 0) is 12.0 Å². The first kappa shape index (κ1) is 9.16. The van der Waals surface area contributed by atoms with Crippen LogP contribution in [0.15, 0.2) is 30.3 Å². The Labute approximate surface area is 87.3 Å². The minimum atomic E-state index is -0.279. The molecule has 1 aliphatic heterocycles. The molecule has 1 saturated heterocycles. The summed E-state index contributed by atoms with van der Waals surface area (Å²) in [7, 11) is 0. The number of carbonyl (C=O) groups excluding carboxylic acids is 1. The molecule has 68 valence electrons. The Kier molecular flexibility index (Phi) is 2.39. The maximum Gasteiger partial charge on any atom is 0.190 e. The number of rotatable bonds is 1. The van der Waals surface area contributed by atoms with Gasteiger partial charge in [0.2, 0.25) is 0 Å². The lowest BCUT2D eigenvalue weighted by Gasteiger charge is -2.20. The normalized spacial score (nSPS) is 27.9. The molecule has 1 aliphatic rings. The molecule has 1 unspecified atom stereocenters. The summed E-state index contributed by atoms with van der Waals surface area (Å²) in [4.78, 5) is 11.1. The van der Waals surface area contributed by atoms with Gasteiger partial charge >= 0.3 is 0 Å². The molecule has 0 radical (unpaired) electrons. The van der Waals surface area contributed by atoms with Gasteiger partial charge in [-0.1, -0.05) is 42.1 Å². The van der Waals surface area contributed by atoms with Gasteiger partial charge in [-0.3, -0.25) is 4.79 Å².